The van der Waals surface area contributed by atoms with E-state index in [0.717, 1.165) is 0 Å². The number of nitrogens with zero attached hydrogens (tertiary/aromatic N) is 2. The van der Waals surface area contributed by atoms with Gasteiger partial charge in [-0.3, -0.25) is 0 Å². The molecule has 0 amide bonds. The van der Waals surface area contributed by atoms with Crippen LogP contribution in [0.4, 0.5) is 0 Å². The van der Waals surface area contributed by atoms with Gasteiger partial charge in [0.1, 0.15) is 22.7 Å². The number of hydrogen-bond donors (Lipinski definition) is 2. The first kappa shape index (κ1) is 16.1. The SMILES string of the molecule is CC1(C)Oc2ccc(C#N)cc2C(Oc2ccc(O)nc2)C1(C)O. The Morgan fingerprint density at radius 3 is 2.62 bits per heavy atom. The predicted molar refractivity (Wildman–Crippen MR) is 85.8 cm³/mol. The number of fused-ring (bicyclic) bond motifs is 1. The van der Waals surface area contributed by atoms with E-state index in [1.807, 2.05) is 0 Å². The van der Waals surface area contributed by atoms with E-state index >= 15 is 0 Å². The molecule has 2 atom stereocenters. The van der Waals surface area contributed by atoms with Crippen LogP contribution in [-0.2, 0) is 0 Å². The normalized spacial score (nSPS) is 24.4. The van der Waals surface area contributed by atoms with E-state index in [0.29, 0.717) is 22.6 Å². The topological polar surface area (TPSA) is 95.6 Å². The number of aromatic nitrogens is 1. The van der Waals surface area contributed by atoms with Gasteiger partial charge in [-0.25, -0.2) is 4.98 Å². The average molecular weight is 326 g/mol. The summed E-state index contributed by atoms with van der Waals surface area (Å²) < 4.78 is 11.9. The summed E-state index contributed by atoms with van der Waals surface area (Å²) in [4.78, 5) is 3.78. The molecule has 1 aromatic heterocycles. The fraction of sp³-hybridized carbons (Fsp3) is 0.333. The van der Waals surface area contributed by atoms with E-state index in [-0.39, 0.29) is 5.88 Å². The molecule has 3 rings (SSSR count). The Morgan fingerprint density at radius 1 is 1.25 bits per heavy atom. The molecule has 0 spiro atoms. The molecule has 1 aliphatic rings. The second-order valence-corrected chi connectivity index (χ2v) is 6.47. The first-order chi connectivity index (χ1) is 11.2. The molecular weight excluding hydrogens is 308 g/mol. The Hall–Kier alpha value is -2.78. The molecule has 124 valence electrons. The van der Waals surface area contributed by atoms with Crippen molar-refractivity contribution < 1.29 is 19.7 Å². The first-order valence-electron chi connectivity index (χ1n) is 7.52. The highest BCUT2D eigenvalue weighted by Crippen LogP contribution is 2.48. The van der Waals surface area contributed by atoms with Crippen molar-refractivity contribution in [1.82, 2.24) is 4.98 Å². The summed E-state index contributed by atoms with van der Waals surface area (Å²) in [7, 11) is 0. The highest BCUT2D eigenvalue weighted by molar-refractivity contribution is 5.47. The zero-order valence-corrected chi connectivity index (χ0v) is 13.6. The summed E-state index contributed by atoms with van der Waals surface area (Å²) in [5, 5.41) is 29.5. The van der Waals surface area contributed by atoms with Crippen molar-refractivity contribution in [1.29, 1.82) is 5.26 Å². The molecule has 0 saturated heterocycles. The molecule has 2 N–H and O–H groups in total. The number of hydrogen-bond acceptors (Lipinski definition) is 6. The average Bonchev–Trinajstić information content (AvgIpc) is 2.53. The molecule has 2 aromatic rings. The number of aliphatic hydroxyl groups is 1. The van der Waals surface area contributed by atoms with Gasteiger partial charge in [0, 0.05) is 11.6 Å². The maximum Gasteiger partial charge on any atom is 0.210 e. The number of nitriles is 1. The molecule has 2 unspecified atom stereocenters. The van der Waals surface area contributed by atoms with E-state index in [9.17, 15) is 10.2 Å². The highest BCUT2D eigenvalue weighted by Gasteiger charge is 2.54. The van der Waals surface area contributed by atoms with Gasteiger partial charge in [0.25, 0.3) is 0 Å². The van der Waals surface area contributed by atoms with Gasteiger partial charge in [0.2, 0.25) is 5.88 Å². The summed E-state index contributed by atoms with van der Waals surface area (Å²) in [6.45, 7) is 5.19. The lowest BCUT2D eigenvalue weighted by atomic mass is 9.77. The number of aromatic hydroxyl groups is 1. The Bertz CT molecular complexity index is 807. The molecular formula is C18H18N2O4. The van der Waals surface area contributed by atoms with Crippen LogP contribution in [-0.4, -0.2) is 26.4 Å². The van der Waals surface area contributed by atoms with Crippen LogP contribution in [0.1, 0.15) is 38.0 Å². The summed E-state index contributed by atoms with van der Waals surface area (Å²) in [5.74, 6) is 0.833. The number of benzene rings is 1. The molecule has 0 aliphatic carbocycles. The quantitative estimate of drug-likeness (QED) is 0.881. The number of ether oxygens (including phenoxy) is 2. The molecule has 0 radical (unpaired) electrons. The third kappa shape index (κ3) is 2.53. The number of rotatable bonds is 2. The van der Waals surface area contributed by atoms with Gasteiger partial charge in [0.15, 0.2) is 6.10 Å². The van der Waals surface area contributed by atoms with Crippen molar-refractivity contribution in [3.05, 3.63) is 47.7 Å². The van der Waals surface area contributed by atoms with Gasteiger partial charge in [0.05, 0.1) is 17.8 Å². The first-order valence-corrected chi connectivity index (χ1v) is 7.52. The van der Waals surface area contributed by atoms with Crippen LogP contribution in [0, 0.1) is 11.3 Å². The van der Waals surface area contributed by atoms with Crippen LogP contribution in [0.5, 0.6) is 17.4 Å². The Labute approximate surface area is 139 Å². The second-order valence-electron chi connectivity index (χ2n) is 6.47. The third-order valence-electron chi connectivity index (χ3n) is 4.49. The van der Waals surface area contributed by atoms with E-state index in [1.54, 1.807) is 45.0 Å². The Morgan fingerprint density at radius 2 is 2.00 bits per heavy atom. The van der Waals surface area contributed by atoms with Crippen LogP contribution in [0.25, 0.3) is 0 Å². The minimum atomic E-state index is -1.37. The molecule has 0 bridgehead atoms. The highest BCUT2D eigenvalue weighted by atomic mass is 16.5. The van der Waals surface area contributed by atoms with Crippen molar-refractivity contribution in [2.45, 2.75) is 38.1 Å². The van der Waals surface area contributed by atoms with Crippen LogP contribution < -0.4 is 9.47 Å². The van der Waals surface area contributed by atoms with Crippen molar-refractivity contribution >= 4 is 0 Å². The molecule has 0 fully saturated rings. The maximum atomic E-state index is 11.1. The summed E-state index contributed by atoms with van der Waals surface area (Å²) in [5.41, 5.74) is -1.24. The van der Waals surface area contributed by atoms with Crippen molar-refractivity contribution in [3.63, 3.8) is 0 Å². The molecule has 2 heterocycles. The smallest absolute Gasteiger partial charge is 0.210 e. The standard InChI is InChI=1S/C18H18N2O4/c1-17(2)18(3,22)16(23-12-5-7-15(21)20-10-12)13-8-11(9-19)4-6-14(13)24-17/h4-8,10,16,22H,1-3H3,(H,20,21). The minimum Gasteiger partial charge on any atom is -0.493 e. The molecule has 24 heavy (non-hydrogen) atoms. The fourth-order valence-electron chi connectivity index (χ4n) is 2.67. The molecule has 0 saturated carbocycles. The molecule has 1 aromatic carbocycles. The zero-order valence-electron chi connectivity index (χ0n) is 13.6. The molecule has 6 nitrogen and oxygen atoms in total. The van der Waals surface area contributed by atoms with Crippen LogP contribution in [0.3, 0.4) is 0 Å². The lowest BCUT2D eigenvalue weighted by molar-refractivity contribution is -0.174. The monoisotopic (exact) mass is 326 g/mol. The molecule has 1 aliphatic heterocycles. The lowest BCUT2D eigenvalue weighted by Gasteiger charge is -2.48. The van der Waals surface area contributed by atoms with E-state index in [2.05, 4.69) is 11.1 Å². The fourth-order valence-corrected chi connectivity index (χ4v) is 2.67. The van der Waals surface area contributed by atoms with Gasteiger partial charge in [-0.15, -0.1) is 0 Å². The van der Waals surface area contributed by atoms with Gasteiger partial charge < -0.3 is 19.7 Å². The lowest BCUT2D eigenvalue weighted by Crippen LogP contribution is -2.59. The van der Waals surface area contributed by atoms with E-state index < -0.39 is 17.3 Å². The van der Waals surface area contributed by atoms with Crippen LogP contribution in [0.15, 0.2) is 36.5 Å². The van der Waals surface area contributed by atoms with Crippen molar-refractivity contribution in [3.8, 4) is 23.4 Å². The van der Waals surface area contributed by atoms with E-state index in [4.69, 9.17) is 14.7 Å². The predicted octanol–water partition coefficient (Wildman–Crippen LogP) is 2.70. The van der Waals surface area contributed by atoms with Crippen LogP contribution >= 0.6 is 0 Å². The van der Waals surface area contributed by atoms with Gasteiger partial charge in [-0.05, 0) is 45.0 Å². The van der Waals surface area contributed by atoms with Crippen molar-refractivity contribution in [2.75, 3.05) is 0 Å². The van der Waals surface area contributed by atoms with Gasteiger partial charge in [-0.2, -0.15) is 5.26 Å². The summed E-state index contributed by atoms with van der Waals surface area (Å²) in [6, 6.07) is 10.1. The minimum absolute atomic E-state index is 0.117. The van der Waals surface area contributed by atoms with Crippen LogP contribution in [0.2, 0.25) is 0 Å². The zero-order chi connectivity index (χ0) is 17.5. The summed E-state index contributed by atoms with van der Waals surface area (Å²) >= 11 is 0. The maximum absolute atomic E-state index is 11.1. The Balaban J connectivity index is 2.10. The Kier molecular flexibility index (Phi) is 3.61. The van der Waals surface area contributed by atoms with Gasteiger partial charge in [-0.1, -0.05) is 0 Å². The molecule has 6 heteroatoms. The van der Waals surface area contributed by atoms with Gasteiger partial charge >= 0.3 is 0 Å². The largest absolute Gasteiger partial charge is 0.493 e. The van der Waals surface area contributed by atoms with E-state index in [1.165, 1.54) is 12.3 Å². The van der Waals surface area contributed by atoms with Crippen molar-refractivity contribution in [2.24, 2.45) is 0 Å². The number of pyridine rings is 1. The second kappa shape index (κ2) is 5.39. The third-order valence-corrected chi connectivity index (χ3v) is 4.49. The summed E-state index contributed by atoms with van der Waals surface area (Å²) in [6.07, 6.45) is 0.609.